The van der Waals surface area contributed by atoms with E-state index in [1.807, 2.05) is 44.1 Å². The Morgan fingerprint density at radius 1 is 1.30 bits per heavy atom. The summed E-state index contributed by atoms with van der Waals surface area (Å²) in [6, 6.07) is 5.72. The lowest BCUT2D eigenvalue weighted by Gasteiger charge is -2.12. The van der Waals surface area contributed by atoms with Gasteiger partial charge in [0.15, 0.2) is 0 Å². The minimum Gasteiger partial charge on any atom is -0.477 e. The number of aromatic nitrogens is 1. The van der Waals surface area contributed by atoms with Gasteiger partial charge in [0.1, 0.15) is 5.69 Å². The van der Waals surface area contributed by atoms with Crippen LogP contribution >= 0.6 is 0 Å². The first-order valence-corrected chi connectivity index (χ1v) is 7.76. The van der Waals surface area contributed by atoms with E-state index in [1.165, 1.54) is 0 Å². The molecule has 0 aliphatic carbocycles. The van der Waals surface area contributed by atoms with Crippen LogP contribution in [0.5, 0.6) is 0 Å². The number of rotatable bonds is 7. The van der Waals surface area contributed by atoms with E-state index in [-0.39, 0.29) is 18.1 Å². The minimum atomic E-state index is -1.02. The number of carboxylic acids is 1. The lowest BCUT2D eigenvalue weighted by molar-refractivity contribution is -0.121. The summed E-state index contributed by atoms with van der Waals surface area (Å²) in [5.41, 5.74) is 2.48. The third kappa shape index (κ3) is 3.83. The lowest BCUT2D eigenvalue weighted by atomic mass is 10.1. The molecule has 23 heavy (non-hydrogen) atoms. The molecule has 0 spiro atoms. The number of H-pyrrole nitrogens is 1. The van der Waals surface area contributed by atoms with Crippen molar-refractivity contribution in [2.24, 2.45) is 0 Å². The van der Waals surface area contributed by atoms with Crippen molar-refractivity contribution in [2.75, 3.05) is 19.0 Å². The molecule has 0 saturated heterocycles. The number of hydrogen-bond acceptors (Lipinski definition) is 3. The second-order valence-electron chi connectivity index (χ2n) is 5.79. The number of benzene rings is 1. The molecule has 1 heterocycles. The predicted molar refractivity (Wildman–Crippen MR) is 91.0 cm³/mol. The van der Waals surface area contributed by atoms with Crippen molar-refractivity contribution in [1.29, 1.82) is 0 Å². The van der Waals surface area contributed by atoms with Crippen LogP contribution in [0.1, 0.15) is 42.2 Å². The number of amides is 1. The molecule has 0 saturated carbocycles. The first kappa shape index (κ1) is 16.9. The maximum absolute atomic E-state index is 11.8. The number of aromatic amines is 1. The summed E-state index contributed by atoms with van der Waals surface area (Å²) in [5, 5.41) is 13.0. The topological polar surface area (TPSA) is 85.4 Å². The minimum absolute atomic E-state index is 0.0543. The van der Waals surface area contributed by atoms with Gasteiger partial charge in [-0.2, -0.15) is 0 Å². The second kappa shape index (κ2) is 7.17. The zero-order valence-electron chi connectivity index (χ0n) is 13.8. The van der Waals surface area contributed by atoms with Crippen LogP contribution in [0.15, 0.2) is 18.2 Å². The number of hydrogen-bond donors (Lipinski definition) is 3. The molecular weight excluding hydrogens is 294 g/mol. The molecule has 0 unspecified atom stereocenters. The summed E-state index contributed by atoms with van der Waals surface area (Å²) in [5.74, 6) is -1.08. The zero-order chi connectivity index (χ0) is 17.0. The van der Waals surface area contributed by atoms with Crippen molar-refractivity contribution in [3.05, 3.63) is 29.5 Å². The Bertz CT molecular complexity index is 719. The third-order valence-corrected chi connectivity index (χ3v) is 3.84. The van der Waals surface area contributed by atoms with E-state index in [1.54, 1.807) is 0 Å². The van der Waals surface area contributed by atoms with Gasteiger partial charge >= 0.3 is 5.97 Å². The molecule has 0 aliphatic heterocycles. The van der Waals surface area contributed by atoms with Crippen LogP contribution in [0.2, 0.25) is 0 Å². The number of carboxylic acid groups (broad SMARTS) is 1. The molecule has 0 fully saturated rings. The van der Waals surface area contributed by atoms with Gasteiger partial charge in [-0.15, -0.1) is 0 Å². The Kier molecular flexibility index (Phi) is 5.26. The highest BCUT2D eigenvalue weighted by Crippen LogP contribution is 2.27. The Hall–Kier alpha value is -2.50. The number of anilines is 1. The van der Waals surface area contributed by atoms with Gasteiger partial charge in [0, 0.05) is 49.2 Å². The number of unbranched alkanes of at least 4 members (excludes halogenated alkanes) is 1. The number of nitrogens with zero attached hydrogens (tertiary/aromatic N) is 1. The van der Waals surface area contributed by atoms with E-state index in [2.05, 4.69) is 10.3 Å². The third-order valence-electron chi connectivity index (χ3n) is 3.84. The summed E-state index contributed by atoms with van der Waals surface area (Å²) in [6.45, 7) is 2.24. The van der Waals surface area contributed by atoms with Crippen LogP contribution in [0.25, 0.3) is 10.9 Å². The molecule has 6 nitrogen and oxygen atoms in total. The summed E-state index contributed by atoms with van der Waals surface area (Å²) < 4.78 is 0. The van der Waals surface area contributed by atoms with E-state index in [4.69, 9.17) is 0 Å². The maximum atomic E-state index is 11.8. The molecule has 3 N–H and O–H groups in total. The van der Waals surface area contributed by atoms with E-state index in [9.17, 15) is 14.7 Å². The number of nitrogens with one attached hydrogen (secondary N) is 2. The van der Waals surface area contributed by atoms with Gasteiger partial charge in [-0.05, 0) is 24.6 Å². The van der Waals surface area contributed by atoms with Crippen LogP contribution < -0.4 is 10.2 Å². The summed E-state index contributed by atoms with van der Waals surface area (Å²) in [7, 11) is 3.86. The fourth-order valence-corrected chi connectivity index (χ4v) is 2.49. The van der Waals surface area contributed by atoms with Crippen LogP contribution in [0.4, 0.5) is 5.69 Å². The van der Waals surface area contributed by atoms with Gasteiger partial charge in [-0.3, -0.25) is 4.79 Å². The Morgan fingerprint density at radius 2 is 2.04 bits per heavy atom. The van der Waals surface area contributed by atoms with Crippen molar-refractivity contribution < 1.29 is 14.7 Å². The summed E-state index contributed by atoms with van der Waals surface area (Å²) >= 11 is 0. The molecule has 1 aromatic heterocycles. The molecule has 1 aromatic carbocycles. The van der Waals surface area contributed by atoms with E-state index in [0.717, 1.165) is 29.4 Å². The Morgan fingerprint density at radius 3 is 2.65 bits per heavy atom. The average molecular weight is 317 g/mol. The highest BCUT2D eigenvalue weighted by molar-refractivity contribution is 5.98. The molecule has 1 amide bonds. The van der Waals surface area contributed by atoms with Gasteiger partial charge in [-0.1, -0.05) is 13.3 Å². The highest BCUT2D eigenvalue weighted by Gasteiger charge is 2.18. The molecular formula is C17H23N3O3. The van der Waals surface area contributed by atoms with Crippen LogP contribution in [0.3, 0.4) is 0 Å². The quantitative estimate of drug-likeness (QED) is 0.733. The van der Waals surface area contributed by atoms with Crippen LogP contribution in [-0.4, -0.2) is 36.1 Å². The maximum Gasteiger partial charge on any atom is 0.352 e. The van der Waals surface area contributed by atoms with Crippen molar-refractivity contribution in [3.63, 3.8) is 0 Å². The standard InChI is InChI=1S/C17H23N3O3/c1-4-5-6-15(21)18-10-13-12-9-11(20(2)3)7-8-14(12)19-16(13)17(22)23/h7-9,19H,4-6,10H2,1-3H3,(H,18,21)(H,22,23). The molecule has 2 aromatic rings. The normalized spacial score (nSPS) is 10.7. The molecule has 2 rings (SSSR count). The largest absolute Gasteiger partial charge is 0.477 e. The van der Waals surface area contributed by atoms with Gasteiger partial charge in [0.05, 0.1) is 0 Å². The van der Waals surface area contributed by atoms with Crippen molar-refractivity contribution >= 4 is 28.5 Å². The van der Waals surface area contributed by atoms with Crippen molar-refractivity contribution in [2.45, 2.75) is 32.7 Å². The first-order valence-electron chi connectivity index (χ1n) is 7.76. The Labute approximate surface area is 135 Å². The highest BCUT2D eigenvalue weighted by atomic mass is 16.4. The molecule has 0 aliphatic rings. The average Bonchev–Trinajstić information content (AvgIpc) is 2.88. The fraction of sp³-hybridized carbons (Fsp3) is 0.412. The molecule has 0 atom stereocenters. The van der Waals surface area contributed by atoms with E-state index in [0.29, 0.717) is 12.0 Å². The number of aromatic carboxylic acids is 1. The summed E-state index contributed by atoms with van der Waals surface area (Å²) in [6.07, 6.45) is 2.24. The van der Waals surface area contributed by atoms with E-state index >= 15 is 0 Å². The fourth-order valence-electron chi connectivity index (χ4n) is 2.49. The second-order valence-corrected chi connectivity index (χ2v) is 5.79. The molecule has 0 radical (unpaired) electrons. The van der Waals surface area contributed by atoms with Gasteiger partial charge in [0.2, 0.25) is 5.91 Å². The van der Waals surface area contributed by atoms with Gasteiger partial charge in [-0.25, -0.2) is 4.79 Å². The summed E-state index contributed by atoms with van der Waals surface area (Å²) in [4.78, 5) is 28.2. The van der Waals surface area contributed by atoms with Gasteiger partial charge in [0.25, 0.3) is 0 Å². The number of carbonyl (C=O) groups is 2. The van der Waals surface area contributed by atoms with E-state index < -0.39 is 5.97 Å². The molecule has 0 bridgehead atoms. The zero-order valence-corrected chi connectivity index (χ0v) is 13.8. The lowest BCUT2D eigenvalue weighted by Crippen LogP contribution is -2.23. The SMILES string of the molecule is CCCCC(=O)NCc1c(C(=O)O)[nH]c2ccc(N(C)C)cc12. The first-order chi connectivity index (χ1) is 10.9. The van der Waals surface area contributed by atoms with Gasteiger partial charge < -0.3 is 20.3 Å². The van der Waals surface area contributed by atoms with Crippen LogP contribution in [0, 0.1) is 0 Å². The molecule has 124 valence electrons. The predicted octanol–water partition coefficient (Wildman–Crippen LogP) is 2.74. The number of carbonyl (C=O) groups excluding carboxylic acids is 1. The molecule has 6 heteroatoms. The smallest absolute Gasteiger partial charge is 0.352 e. The monoisotopic (exact) mass is 317 g/mol. The van der Waals surface area contributed by atoms with Crippen molar-refractivity contribution in [3.8, 4) is 0 Å². The Balaban J connectivity index is 2.34. The van der Waals surface area contributed by atoms with Crippen LogP contribution in [-0.2, 0) is 11.3 Å². The number of fused-ring (bicyclic) bond motifs is 1. The van der Waals surface area contributed by atoms with Crippen molar-refractivity contribution in [1.82, 2.24) is 10.3 Å².